The Morgan fingerprint density at radius 1 is 1.13 bits per heavy atom. The SMILES string of the molecule is C=C[C@@]1(C)O[C@]2(C)CC[C@H]3[C@@](C)(CO)CCC[C@]3(C)[C@H]2C[C@H]1O. The van der Waals surface area contributed by atoms with E-state index in [1.54, 1.807) is 6.08 Å². The number of hydrogen-bond acceptors (Lipinski definition) is 3. The normalized spacial score (nSPS) is 56.5. The average Bonchev–Trinajstić information content (AvgIpc) is 2.49. The lowest BCUT2D eigenvalue weighted by molar-refractivity contribution is -0.284. The third kappa shape index (κ3) is 2.34. The van der Waals surface area contributed by atoms with Crippen LogP contribution in [0.4, 0.5) is 0 Å². The maximum Gasteiger partial charge on any atom is 0.110 e. The molecule has 132 valence electrons. The molecule has 3 fully saturated rings. The van der Waals surface area contributed by atoms with Gasteiger partial charge in [0.2, 0.25) is 0 Å². The number of aliphatic hydroxyl groups is 2. The first kappa shape index (κ1) is 17.4. The maximum absolute atomic E-state index is 10.7. The Morgan fingerprint density at radius 2 is 1.83 bits per heavy atom. The van der Waals surface area contributed by atoms with Crippen LogP contribution in [-0.4, -0.2) is 34.1 Å². The Labute approximate surface area is 141 Å². The molecule has 3 nitrogen and oxygen atoms in total. The molecule has 1 saturated heterocycles. The van der Waals surface area contributed by atoms with Gasteiger partial charge in [0.25, 0.3) is 0 Å². The summed E-state index contributed by atoms with van der Waals surface area (Å²) < 4.78 is 6.51. The summed E-state index contributed by atoms with van der Waals surface area (Å²) in [5, 5.41) is 20.8. The van der Waals surface area contributed by atoms with Crippen LogP contribution in [0.5, 0.6) is 0 Å². The van der Waals surface area contributed by atoms with E-state index in [1.807, 2.05) is 6.92 Å². The van der Waals surface area contributed by atoms with Crippen molar-refractivity contribution in [3.05, 3.63) is 12.7 Å². The fourth-order valence-corrected chi connectivity index (χ4v) is 6.45. The quantitative estimate of drug-likeness (QED) is 0.762. The van der Waals surface area contributed by atoms with Crippen LogP contribution in [-0.2, 0) is 4.74 Å². The molecule has 3 rings (SSSR count). The average molecular weight is 322 g/mol. The van der Waals surface area contributed by atoms with Crippen molar-refractivity contribution in [2.75, 3.05) is 6.61 Å². The van der Waals surface area contributed by atoms with E-state index in [1.165, 1.54) is 6.42 Å². The molecule has 0 aromatic carbocycles. The Bertz CT molecular complexity index is 491. The summed E-state index contributed by atoms with van der Waals surface area (Å²) in [6.07, 6.45) is 7.59. The first-order valence-electron chi connectivity index (χ1n) is 9.26. The Hall–Kier alpha value is -0.380. The molecule has 0 unspecified atom stereocenters. The Morgan fingerprint density at radius 3 is 2.43 bits per heavy atom. The molecule has 23 heavy (non-hydrogen) atoms. The van der Waals surface area contributed by atoms with Crippen LogP contribution in [0.3, 0.4) is 0 Å². The van der Waals surface area contributed by atoms with Gasteiger partial charge in [0.1, 0.15) is 5.60 Å². The fourth-order valence-electron chi connectivity index (χ4n) is 6.45. The first-order chi connectivity index (χ1) is 10.6. The molecule has 0 aromatic rings. The molecule has 2 N–H and O–H groups in total. The third-order valence-electron chi connectivity index (χ3n) is 7.90. The van der Waals surface area contributed by atoms with Gasteiger partial charge in [0.05, 0.1) is 11.7 Å². The van der Waals surface area contributed by atoms with Crippen LogP contribution < -0.4 is 0 Å². The van der Waals surface area contributed by atoms with Crippen molar-refractivity contribution < 1.29 is 14.9 Å². The van der Waals surface area contributed by atoms with Gasteiger partial charge in [-0.25, -0.2) is 0 Å². The predicted octanol–water partition coefficient (Wildman–Crippen LogP) is 3.69. The van der Waals surface area contributed by atoms with Gasteiger partial charge in [-0.05, 0) is 68.6 Å². The largest absolute Gasteiger partial charge is 0.396 e. The summed E-state index contributed by atoms with van der Waals surface area (Å²) in [5.41, 5.74) is -0.713. The minimum atomic E-state index is -0.649. The van der Waals surface area contributed by atoms with Crippen molar-refractivity contribution >= 4 is 0 Å². The predicted molar refractivity (Wildman–Crippen MR) is 92.1 cm³/mol. The van der Waals surface area contributed by atoms with Crippen molar-refractivity contribution in [2.24, 2.45) is 22.7 Å². The molecule has 0 spiro atoms. The molecule has 0 radical (unpaired) electrons. The van der Waals surface area contributed by atoms with Crippen LogP contribution in [0, 0.1) is 22.7 Å². The second kappa shape index (κ2) is 5.31. The summed E-state index contributed by atoms with van der Waals surface area (Å²) >= 11 is 0. The van der Waals surface area contributed by atoms with Gasteiger partial charge in [-0.2, -0.15) is 0 Å². The highest BCUT2D eigenvalue weighted by Gasteiger charge is 2.63. The zero-order chi connectivity index (χ0) is 17.1. The number of fused-ring (bicyclic) bond motifs is 3. The van der Waals surface area contributed by atoms with E-state index in [4.69, 9.17) is 4.74 Å². The molecule has 0 bridgehead atoms. The number of hydrogen-bond donors (Lipinski definition) is 2. The molecule has 2 aliphatic carbocycles. The van der Waals surface area contributed by atoms with Crippen molar-refractivity contribution in [2.45, 2.75) is 83.5 Å². The molecule has 3 aliphatic rings. The number of aliphatic hydroxyl groups excluding tert-OH is 2. The van der Waals surface area contributed by atoms with E-state index in [-0.39, 0.29) is 23.0 Å². The van der Waals surface area contributed by atoms with Crippen LogP contribution >= 0.6 is 0 Å². The minimum Gasteiger partial charge on any atom is -0.396 e. The van der Waals surface area contributed by atoms with E-state index in [2.05, 4.69) is 27.4 Å². The molecule has 1 aliphatic heterocycles. The Balaban J connectivity index is 1.98. The monoisotopic (exact) mass is 322 g/mol. The lowest BCUT2D eigenvalue weighted by Gasteiger charge is -2.66. The van der Waals surface area contributed by atoms with Gasteiger partial charge < -0.3 is 14.9 Å². The summed E-state index contributed by atoms with van der Waals surface area (Å²) in [5.74, 6) is 0.846. The second-order valence-electron chi connectivity index (χ2n) is 9.37. The molecular formula is C20H34O3. The lowest BCUT2D eigenvalue weighted by atomic mass is 9.44. The second-order valence-corrected chi connectivity index (χ2v) is 9.37. The van der Waals surface area contributed by atoms with Crippen molar-refractivity contribution in [1.29, 1.82) is 0 Å². The highest BCUT2D eigenvalue weighted by molar-refractivity contribution is 5.15. The smallest absolute Gasteiger partial charge is 0.110 e. The van der Waals surface area contributed by atoms with Gasteiger partial charge in [-0.15, -0.1) is 6.58 Å². The zero-order valence-corrected chi connectivity index (χ0v) is 15.3. The minimum absolute atomic E-state index is 0.0124. The van der Waals surface area contributed by atoms with Gasteiger partial charge in [0, 0.05) is 6.61 Å². The van der Waals surface area contributed by atoms with Crippen molar-refractivity contribution in [3.8, 4) is 0 Å². The van der Waals surface area contributed by atoms with E-state index >= 15 is 0 Å². The van der Waals surface area contributed by atoms with Gasteiger partial charge in [0.15, 0.2) is 0 Å². The summed E-state index contributed by atoms with van der Waals surface area (Å²) in [7, 11) is 0. The first-order valence-corrected chi connectivity index (χ1v) is 9.26. The van der Waals surface area contributed by atoms with E-state index in [9.17, 15) is 10.2 Å². The summed E-state index contributed by atoms with van der Waals surface area (Å²) in [4.78, 5) is 0. The standard InChI is InChI=1S/C20H34O3/c1-6-19(4)16(22)12-15-18(3)10-7-9-17(2,13-21)14(18)8-11-20(15,5)23-19/h6,14-16,21-22H,1,7-13H2,2-5H3/t14-,15+,16+,17+,18-,19+,20+/m0/s1. The summed E-state index contributed by atoms with van der Waals surface area (Å²) in [6, 6.07) is 0. The molecule has 1 heterocycles. The van der Waals surface area contributed by atoms with Crippen LogP contribution in [0.1, 0.15) is 66.2 Å². The van der Waals surface area contributed by atoms with Gasteiger partial charge >= 0.3 is 0 Å². The van der Waals surface area contributed by atoms with Gasteiger partial charge in [-0.1, -0.05) is 26.3 Å². The van der Waals surface area contributed by atoms with Crippen LogP contribution in [0.2, 0.25) is 0 Å². The molecule has 3 heteroatoms. The fraction of sp³-hybridized carbons (Fsp3) is 0.900. The molecule has 0 aromatic heterocycles. The Kier molecular flexibility index (Phi) is 4.02. The molecule has 2 saturated carbocycles. The van der Waals surface area contributed by atoms with E-state index in [0.717, 1.165) is 32.1 Å². The van der Waals surface area contributed by atoms with Gasteiger partial charge in [-0.3, -0.25) is 0 Å². The molecular weight excluding hydrogens is 288 g/mol. The highest BCUT2D eigenvalue weighted by Crippen LogP contribution is 2.65. The maximum atomic E-state index is 10.7. The highest BCUT2D eigenvalue weighted by atomic mass is 16.5. The molecule has 7 atom stereocenters. The third-order valence-corrected chi connectivity index (χ3v) is 7.90. The van der Waals surface area contributed by atoms with Crippen LogP contribution in [0.15, 0.2) is 12.7 Å². The van der Waals surface area contributed by atoms with E-state index < -0.39 is 11.7 Å². The lowest BCUT2D eigenvalue weighted by Crippen LogP contribution is -2.66. The van der Waals surface area contributed by atoms with E-state index in [0.29, 0.717) is 11.8 Å². The van der Waals surface area contributed by atoms with Crippen molar-refractivity contribution in [1.82, 2.24) is 0 Å². The number of rotatable bonds is 2. The topological polar surface area (TPSA) is 49.7 Å². The van der Waals surface area contributed by atoms with Crippen LogP contribution in [0.25, 0.3) is 0 Å². The summed E-state index contributed by atoms with van der Waals surface area (Å²) in [6.45, 7) is 13.0. The molecule has 0 amide bonds. The number of ether oxygens (including phenoxy) is 1. The van der Waals surface area contributed by atoms with Crippen molar-refractivity contribution in [3.63, 3.8) is 0 Å². The zero-order valence-electron chi connectivity index (χ0n) is 15.3.